The van der Waals surface area contributed by atoms with E-state index in [1.54, 1.807) is 0 Å². The number of fused-ring (bicyclic) bond motifs is 1. The molecule has 3 heteroatoms. The highest BCUT2D eigenvalue weighted by Gasteiger charge is 2.40. The molecule has 3 nitrogen and oxygen atoms in total. The van der Waals surface area contributed by atoms with Crippen LogP contribution >= 0.6 is 0 Å². The van der Waals surface area contributed by atoms with E-state index in [2.05, 4.69) is 6.58 Å². The first-order chi connectivity index (χ1) is 8.13. The molecular weight excluding hydrogens is 216 g/mol. The number of carbonyl (C=O) groups is 2. The van der Waals surface area contributed by atoms with Gasteiger partial charge < -0.3 is 4.74 Å². The topological polar surface area (TPSA) is 43.4 Å². The van der Waals surface area contributed by atoms with Crippen molar-refractivity contribution in [1.29, 1.82) is 0 Å². The Balaban J connectivity index is 2.11. The van der Waals surface area contributed by atoms with Gasteiger partial charge in [0.05, 0.1) is 12.5 Å². The molecule has 2 rings (SSSR count). The van der Waals surface area contributed by atoms with Gasteiger partial charge in [0.1, 0.15) is 5.78 Å². The van der Waals surface area contributed by atoms with E-state index in [-0.39, 0.29) is 23.7 Å². The zero-order valence-electron chi connectivity index (χ0n) is 10.4. The fourth-order valence-corrected chi connectivity index (χ4v) is 3.13. The molecule has 2 aliphatic rings. The highest BCUT2D eigenvalue weighted by atomic mass is 16.5. The Morgan fingerprint density at radius 2 is 2.12 bits per heavy atom. The van der Waals surface area contributed by atoms with E-state index < -0.39 is 0 Å². The first-order valence-corrected chi connectivity index (χ1v) is 6.50. The van der Waals surface area contributed by atoms with Gasteiger partial charge in [-0.1, -0.05) is 12.2 Å². The van der Waals surface area contributed by atoms with Gasteiger partial charge in [-0.2, -0.15) is 0 Å². The van der Waals surface area contributed by atoms with Crippen molar-refractivity contribution in [1.82, 2.24) is 0 Å². The molecule has 2 saturated carbocycles. The third kappa shape index (κ3) is 2.43. The molecule has 0 spiro atoms. The maximum Gasteiger partial charge on any atom is 0.308 e. The molecule has 0 bridgehead atoms. The normalized spacial score (nSPS) is 33.1. The van der Waals surface area contributed by atoms with Gasteiger partial charge >= 0.3 is 5.97 Å². The Labute approximate surface area is 102 Å². The lowest BCUT2D eigenvalue weighted by atomic mass is 9.86. The maximum atomic E-state index is 12.0. The molecule has 0 aliphatic heterocycles. The molecule has 2 fully saturated rings. The van der Waals surface area contributed by atoms with Crippen LogP contribution in [-0.2, 0) is 14.3 Å². The number of hydrogen-bond donors (Lipinski definition) is 0. The zero-order chi connectivity index (χ0) is 12.4. The number of allylic oxidation sites excluding steroid dienone is 1. The Bertz CT molecular complexity index is 345. The minimum absolute atomic E-state index is 0.108. The minimum Gasteiger partial charge on any atom is -0.466 e. The van der Waals surface area contributed by atoms with E-state index in [0.29, 0.717) is 25.2 Å². The van der Waals surface area contributed by atoms with Crippen molar-refractivity contribution in [3.05, 3.63) is 12.2 Å². The fourth-order valence-electron chi connectivity index (χ4n) is 3.13. The zero-order valence-corrected chi connectivity index (χ0v) is 10.4. The highest BCUT2D eigenvalue weighted by molar-refractivity contribution is 5.84. The van der Waals surface area contributed by atoms with E-state index in [9.17, 15) is 9.59 Å². The van der Waals surface area contributed by atoms with Crippen molar-refractivity contribution >= 4 is 11.8 Å². The van der Waals surface area contributed by atoms with Crippen LogP contribution in [0.1, 0.15) is 39.0 Å². The Hall–Kier alpha value is -1.12. The van der Waals surface area contributed by atoms with E-state index in [1.807, 2.05) is 6.92 Å². The van der Waals surface area contributed by atoms with Gasteiger partial charge in [-0.15, -0.1) is 0 Å². The molecular formula is C14H20O3. The number of Topliss-reactive ketones (excluding diaryl/α,β-unsaturated/α-hetero) is 1. The van der Waals surface area contributed by atoms with Crippen LogP contribution in [0.3, 0.4) is 0 Å². The van der Waals surface area contributed by atoms with Crippen molar-refractivity contribution in [2.24, 2.45) is 17.8 Å². The third-order valence-electron chi connectivity index (χ3n) is 4.10. The summed E-state index contributed by atoms with van der Waals surface area (Å²) < 4.78 is 5.08. The van der Waals surface area contributed by atoms with Gasteiger partial charge in [0.15, 0.2) is 0 Å². The molecule has 0 aromatic heterocycles. The molecule has 0 radical (unpaired) electrons. The summed E-state index contributed by atoms with van der Waals surface area (Å²) in [6.45, 7) is 6.28. The lowest BCUT2D eigenvalue weighted by molar-refractivity contribution is -0.148. The molecule has 0 unspecified atom stereocenters. The van der Waals surface area contributed by atoms with Crippen LogP contribution in [0.15, 0.2) is 12.2 Å². The minimum atomic E-state index is -0.138. The summed E-state index contributed by atoms with van der Waals surface area (Å²) in [4.78, 5) is 23.8. The number of hydrogen-bond acceptors (Lipinski definition) is 3. The quantitative estimate of drug-likeness (QED) is 0.546. The molecule has 94 valence electrons. The second-order valence-corrected chi connectivity index (χ2v) is 5.10. The van der Waals surface area contributed by atoms with Crippen LogP contribution in [0.2, 0.25) is 0 Å². The molecule has 3 atom stereocenters. The molecule has 2 aliphatic carbocycles. The summed E-state index contributed by atoms with van der Waals surface area (Å²) in [5, 5.41) is 0. The maximum absolute atomic E-state index is 12.0. The van der Waals surface area contributed by atoms with Gasteiger partial charge in [-0.3, -0.25) is 9.59 Å². The Morgan fingerprint density at radius 1 is 1.35 bits per heavy atom. The second-order valence-electron chi connectivity index (χ2n) is 5.10. The number of esters is 1. The van der Waals surface area contributed by atoms with Crippen molar-refractivity contribution in [3.8, 4) is 0 Å². The van der Waals surface area contributed by atoms with Crippen LogP contribution in [0.4, 0.5) is 0 Å². The van der Waals surface area contributed by atoms with Gasteiger partial charge in [-0.25, -0.2) is 0 Å². The van der Waals surface area contributed by atoms with Gasteiger partial charge in [0.25, 0.3) is 0 Å². The van der Waals surface area contributed by atoms with Gasteiger partial charge in [-0.05, 0) is 38.5 Å². The number of carbonyl (C=O) groups excluding carboxylic acids is 2. The molecule has 0 aromatic rings. The lowest BCUT2D eigenvalue weighted by Gasteiger charge is -2.19. The highest BCUT2D eigenvalue weighted by Crippen LogP contribution is 2.43. The summed E-state index contributed by atoms with van der Waals surface area (Å²) in [7, 11) is 0. The van der Waals surface area contributed by atoms with E-state index in [0.717, 1.165) is 24.8 Å². The monoisotopic (exact) mass is 236 g/mol. The van der Waals surface area contributed by atoms with Crippen molar-refractivity contribution < 1.29 is 14.3 Å². The molecule has 0 aromatic carbocycles. The van der Waals surface area contributed by atoms with E-state index >= 15 is 0 Å². The number of ketones is 1. The number of ether oxygens (including phenoxy) is 1. The van der Waals surface area contributed by atoms with Crippen LogP contribution in [-0.4, -0.2) is 18.4 Å². The summed E-state index contributed by atoms with van der Waals surface area (Å²) >= 11 is 0. The van der Waals surface area contributed by atoms with Crippen molar-refractivity contribution in [2.75, 3.05) is 6.61 Å². The smallest absolute Gasteiger partial charge is 0.308 e. The van der Waals surface area contributed by atoms with Gasteiger partial charge in [0, 0.05) is 12.3 Å². The molecule has 17 heavy (non-hydrogen) atoms. The Kier molecular flexibility index (Phi) is 3.65. The van der Waals surface area contributed by atoms with Crippen LogP contribution in [0.25, 0.3) is 0 Å². The van der Waals surface area contributed by atoms with E-state index in [4.69, 9.17) is 4.74 Å². The van der Waals surface area contributed by atoms with Gasteiger partial charge in [0.2, 0.25) is 0 Å². The third-order valence-corrected chi connectivity index (χ3v) is 4.10. The average Bonchev–Trinajstić information content (AvgIpc) is 2.56. The van der Waals surface area contributed by atoms with E-state index in [1.165, 1.54) is 0 Å². The second kappa shape index (κ2) is 5.03. The summed E-state index contributed by atoms with van der Waals surface area (Å²) in [5.74, 6) is 0.422. The van der Waals surface area contributed by atoms with Crippen LogP contribution in [0.5, 0.6) is 0 Å². The molecule has 0 saturated heterocycles. The lowest BCUT2D eigenvalue weighted by Crippen LogP contribution is -2.21. The predicted molar refractivity (Wildman–Crippen MR) is 64.3 cm³/mol. The summed E-state index contributed by atoms with van der Waals surface area (Å²) in [6, 6.07) is 0. The first kappa shape index (κ1) is 12.3. The summed E-state index contributed by atoms with van der Waals surface area (Å²) in [5.41, 5.74) is 1.15. The largest absolute Gasteiger partial charge is 0.466 e. The first-order valence-electron chi connectivity index (χ1n) is 6.50. The standard InChI is InChI=1S/C14H20O3/c1-3-17-14(16)10-5-7-13(15)11-6-4-9(2)12(11)8-10/h10-12H,2-8H2,1H3/t10-,11+,12-/m0/s1. The summed E-state index contributed by atoms with van der Waals surface area (Å²) in [6.07, 6.45) is 3.80. The molecule has 0 N–H and O–H groups in total. The Morgan fingerprint density at radius 3 is 2.82 bits per heavy atom. The van der Waals surface area contributed by atoms with Crippen molar-refractivity contribution in [2.45, 2.75) is 39.0 Å². The van der Waals surface area contributed by atoms with Crippen LogP contribution < -0.4 is 0 Å². The molecule has 0 heterocycles. The van der Waals surface area contributed by atoms with Crippen molar-refractivity contribution in [3.63, 3.8) is 0 Å². The predicted octanol–water partition coefficient (Wildman–Crippen LogP) is 2.50. The van der Waals surface area contributed by atoms with Crippen LogP contribution in [0, 0.1) is 17.8 Å². The fraction of sp³-hybridized carbons (Fsp3) is 0.714. The number of rotatable bonds is 2. The average molecular weight is 236 g/mol. The SMILES string of the molecule is C=C1CC[C@H]2C(=O)CC[C@H](C(=O)OCC)C[C@@H]12. The molecule has 0 amide bonds.